The number of urea groups is 1. The fraction of sp³-hybridized carbons (Fsp3) is 0.263. The van der Waals surface area contributed by atoms with Crippen molar-refractivity contribution in [1.82, 2.24) is 15.8 Å². The number of carbonyl (C=O) groups is 2. The molecule has 2 N–H and O–H groups in total. The van der Waals surface area contributed by atoms with Crippen LogP contribution in [0.5, 0.6) is 0 Å². The van der Waals surface area contributed by atoms with E-state index in [1.54, 1.807) is 19.2 Å². The molecule has 2 rings (SSSR count). The Balaban J connectivity index is 1.89. The zero-order valence-electron chi connectivity index (χ0n) is 14.5. The third-order valence-electron chi connectivity index (χ3n) is 3.85. The molecule has 0 aliphatic heterocycles. The molecule has 24 heavy (non-hydrogen) atoms. The van der Waals surface area contributed by atoms with Crippen LogP contribution < -0.4 is 10.9 Å². The SMILES string of the molecule is Cc1ccc(C(=O)NNC(=O)N(C)Cc2ccc(C)cc2C)cc1. The minimum atomic E-state index is -0.365. The lowest BCUT2D eigenvalue weighted by Crippen LogP contribution is -2.47. The molecule has 2 aromatic carbocycles. The number of aryl methyl sites for hydroxylation is 3. The molecular formula is C19H23N3O2. The Morgan fingerprint density at radius 1 is 0.917 bits per heavy atom. The van der Waals surface area contributed by atoms with Crippen molar-refractivity contribution in [1.29, 1.82) is 0 Å². The van der Waals surface area contributed by atoms with Crippen LogP contribution in [0.3, 0.4) is 0 Å². The number of amides is 3. The lowest BCUT2D eigenvalue weighted by molar-refractivity contribution is 0.0931. The Hall–Kier alpha value is -2.82. The second-order valence-electron chi connectivity index (χ2n) is 6.04. The van der Waals surface area contributed by atoms with Gasteiger partial charge in [0.15, 0.2) is 0 Å². The molecule has 0 unspecified atom stereocenters. The molecule has 0 heterocycles. The van der Waals surface area contributed by atoms with Gasteiger partial charge in [0.2, 0.25) is 0 Å². The lowest BCUT2D eigenvalue weighted by Gasteiger charge is -2.19. The first kappa shape index (κ1) is 17.5. The van der Waals surface area contributed by atoms with Crippen LogP contribution in [0.25, 0.3) is 0 Å². The van der Waals surface area contributed by atoms with Crippen molar-refractivity contribution >= 4 is 11.9 Å². The normalized spacial score (nSPS) is 10.2. The highest BCUT2D eigenvalue weighted by Crippen LogP contribution is 2.12. The maximum absolute atomic E-state index is 12.1. The van der Waals surface area contributed by atoms with Gasteiger partial charge in [-0.25, -0.2) is 10.2 Å². The van der Waals surface area contributed by atoms with Gasteiger partial charge in [-0.1, -0.05) is 41.5 Å². The molecule has 126 valence electrons. The molecule has 0 bridgehead atoms. The fourth-order valence-electron chi connectivity index (χ4n) is 2.33. The number of nitrogens with one attached hydrogen (secondary N) is 2. The fourth-order valence-corrected chi connectivity index (χ4v) is 2.33. The molecule has 0 spiro atoms. The van der Waals surface area contributed by atoms with E-state index in [0.29, 0.717) is 12.1 Å². The van der Waals surface area contributed by atoms with Gasteiger partial charge in [0.25, 0.3) is 5.91 Å². The Morgan fingerprint density at radius 3 is 2.17 bits per heavy atom. The van der Waals surface area contributed by atoms with Crippen molar-refractivity contribution in [2.45, 2.75) is 27.3 Å². The molecule has 0 aromatic heterocycles. The number of hydrogen-bond donors (Lipinski definition) is 2. The summed E-state index contributed by atoms with van der Waals surface area (Å²) >= 11 is 0. The van der Waals surface area contributed by atoms with Crippen LogP contribution in [0.2, 0.25) is 0 Å². The number of carbonyl (C=O) groups excluding carboxylic acids is 2. The summed E-state index contributed by atoms with van der Waals surface area (Å²) in [5, 5.41) is 0. The van der Waals surface area contributed by atoms with Gasteiger partial charge >= 0.3 is 6.03 Å². The number of hydrazine groups is 1. The summed E-state index contributed by atoms with van der Waals surface area (Å²) < 4.78 is 0. The third kappa shape index (κ3) is 4.59. The van der Waals surface area contributed by atoms with Crippen LogP contribution in [0.15, 0.2) is 42.5 Å². The van der Waals surface area contributed by atoms with Crippen molar-refractivity contribution in [3.63, 3.8) is 0 Å². The molecule has 5 nitrogen and oxygen atoms in total. The minimum Gasteiger partial charge on any atom is -0.322 e. The summed E-state index contributed by atoms with van der Waals surface area (Å²) in [6.45, 7) is 6.48. The standard InChI is InChI=1S/C19H23N3O2/c1-13-5-8-16(9-6-13)18(23)20-21-19(24)22(4)12-17-10-7-14(2)11-15(17)3/h5-11H,12H2,1-4H3,(H,20,23)(H,21,24). The van der Waals surface area contributed by atoms with Crippen LogP contribution in [0.1, 0.15) is 32.6 Å². The quantitative estimate of drug-likeness (QED) is 0.852. The number of nitrogens with zero attached hydrogens (tertiary/aromatic N) is 1. The number of benzene rings is 2. The molecule has 0 saturated carbocycles. The van der Waals surface area contributed by atoms with Gasteiger partial charge in [-0.15, -0.1) is 0 Å². The van der Waals surface area contributed by atoms with Crippen molar-refractivity contribution < 1.29 is 9.59 Å². The van der Waals surface area contributed by atoms with Gasteiger partial charge in [-0.3, -0.25) is 10.2 Å². The molecule has 0 atom stereocenters. The largest absolute Gasteiger partial charge is 0.336 e. The number of rotatable bonds is 3. The van der Waals surface area contributed by atoms with Crippen molar-refractivity contribution in [2.24, 2.45) is 0 Å². The highest BCUT2D eigenvalue weighted by atomic mass is 16.2. The van der Waals surface area contributed by atoms with Crippen molar-refractivity contribution in [3.05, 3.63) is 70.3 Å². The third-order valence-corrected chi connectivity index (χ3v) is 3.85. The highest BCUT2D eigenvalue weighted by molar-refractivity contribution is 5.95. The second-order valence-corrected chi connectivity index (χ2v) is 6.04. The maximum atomic E-state index is 12.1. The monoisotopic (exact) mass is 325 g/mol. The smallest absolute Gasteiger partial charge is 0.322 e. The highest BCUT2D eigenvalue weighted by Gasteiger charge is 2.12. The molecule has 0 aliphatic carbocycles. The van der Waals surface area contributed by atoms with Crippen molar-refractivity contribution in [2.75, 3.05) is 7.05 Å². The van der Waals surface area contributed by atoms with E-state index in [0.717, 1.165) is 16.7 Å². The first-order valence-corrected chi connectivity index (χ1v) is 7.81. The van der Waals surface area contributed by atoms with E-state index < -0.39 is 0 Å². The average molecular weight is 325 g/mol. The van der Waals surface area contributed by atoms with Gasteiger partial charge < -0.3 is 4.90 Å². The molecule has 3 amide bonds. The van der Waals surface area contributed by atoms with Crippen molar-refractivity contribution in [3.8, 4) is 0 Å². The summed E-state index contributed by atoms with van der Waals surface area (Å²) in [4.78, 5) is 25.6. The molecule has 2 aromatic rings. The van der Waals surface area contributed by atoms with Gasteiger partial charge in [-0.05, 0) is 44.0 Å². The minimum absolute atomic E-state index is 0.344. The first-order chi connectivity index (χ1) is 11.4. The van der Waals surface area contributed by atoms with Crippen LogP contribution in [0.4, 0.5) is 4.79 Å². The van der Waals surface area contributed by atoms with E-state index in [1.165, 1.54) is 10.5 Å². The van der Waals surface area contributed by atoms with Gasteiger partial charge in [0.05, 0.1) is 0 Å². The Bertz CT molecular complexity index is 739. The Morgan fingerprint density at radius 2 is 1.54 bits per heavy atom. The Kier molecular flexibility index (Phi) is 5.58. The van der Waals surface area contributed by atoms with E-state index >= 15 is 0 Å². The van der Waals surface area contributed by atoms with E-state index in [1.807, 2.05) is 45.0 Å². The summed E-state index contributed by atoms with van der Waals surface area (Å²) in [5.74, 6) is -0.344. The lowest BCUT2D eigenvalue weighted by atomic mass is 10.1. The molecule has 0 radical (unpaired) electrons. The summed E-state index contributed by atoms with van der Waals surface area (Å²) in [6, 6.07) is 12.9. The van der Waals surface area contributed by atoms with E-state index in [9.17, 15) is 9.59 Å². The summed E-state index contributed by atoms with van der Waals surface area (Å²) in [7, 11) is 1.69. The predicted octanol–water partition coefficient (Wildman–Crippen LogP) is 3.10. The zero-order chi connectivity index (χ0) is 17.7. The van der Waals surface area contributed by atoms with E-state index in [4.69, 9.17) is 0 Å². The average Bonchev–Trinajstić information content (AvgIpc) is 2.55. The number of hydrogen-bond acceptors (Lipinski definition) is 2. The maximum Gasteiger partial charge on any atom is 0.336 e. The second kappa shape index (κ2) is 7.64. The van der Waals surface area contributed by atoms with Crippen LogP contribution >= 0.6 is 0 Å². The van der Waals surface area contributed by atoms with Gasteiger partial charge in [-0.2, -0.15) is 0 Å². The van der Waals surface area contributed by atoms with E-state index in [-0.39, 0.29) is 11.9 Å². The molecule has 5 heteroatoms. The summed E-state index contributed by atoms with van der Waals surface area (Å²) in [5.41, 5.74) is 9.83. The molecule has 0 saturated heterocycles. The van der Waals surface area contributed by atoms with E-state index in [2.05, 4.69) is 16.9 Å². The topological polar surface area (TPSA) is 61.4 Å². The summed E-state index contributed by atoms with van der Waals surface area (Å²) in [6.07, 6.45) is 0. The Labute approximate surface area is 142 Å². The molecule has 0 fully saturated rings. The van der Waals surface area contributed by atoms with Crippen LogP contribution in [-0.2, 0) is 6.54 Å². The van der Waals surface area contributed by atoms with Gasteiger partial charge in [0.1, 0.15) is 0 Å². The molecular weight excluding hydrogens is 302 g/mol. The zero-order valence-corrected chi connectivity index (χ0v) is 14.5. The molecule has 0 aliphatic rings. The van der Waals surface area contributed by atoms with Crippen LogP contribution in [-0.4, -0.2) is 23.9 Å². The van der Waals surface area contributed by atoms with Crippen LogP contribution in [0, 0.1) is 20.8 Å². The predicted molar refractivity (Wildman–Crippen MR) is 94.6 cm³/mol. The van der Waals surface area contributed by atoms with Gasteiger partial charge in [0, 0.05) is 19.2 Å². The first-order valence-electron chi connectivity index (χ1n) is 7.81.